The van der Waals surface area contributed by atoms with Gasteiger partial charge in [-0.1, -0.05) is 0 Å². The lowest BCUT2D eigenvalue weighted by Crippen LogP contribution is -2.34. The predicted octanol–water partition coefficient (Wildman–Crippen LogP) is 1.81. The zero-order chi connectivity index (χ0) is 15.8. The minimum Gasteiger partial charge on any atom is -0.399 e. The van der Waals surface area contributed by atoms with Crippen molar-refractivity contribution >= 4 is 15.7 Å². The van der Waals surface area contributed by atoms with Crippen molar-refractivity contribution in [3.63, 3.8) is 0 Å². The fraction of sp³-hybridized carbons (Fsp3) is 0.600. The monoisotopic (exact) mass is 312 g/mol. The highest BCUT2D eigenvalue weighted by atomic mass is 32.2. The summed E-state index contributed by atoms with van der Waals surface area (Å²) < 4.78 is 27.3. The van der Waals surface area contributed by atoms with E-state index in [0.29, 0.717) is 54.1 Å². The van der Waals surface area contributed by atoms with E-state index >= 15 is 0 Å². The van der Waals surface area contributed by atoms with E-state index in [1.807, 2.05) is 0 Å². The molecule has 0 radical (unpaired) electrons. The number of hydrogen-bond acceptors (Lipinski definition) is 4. The van der Waals surface area contributed by atoms with Crippen LogP contribution in [-0.4, -0.2) is 36.5 Å². The van der Waals surface area contributed by atoms with Crippen molar-refractivity contribution in [1.82, 2.24) is 4.31 Å². The van der Waals surface area contributed by atoms with E-state index in [1.165, 1.54) is 4.31 Å². The number of aliphatic hydroxyl groups is 1. The molecule has 6 heteroatoms. The van der Waals surface area contributed by atoms with E-state index in [4.69, 9.17) is 5.73 Å². The van der Waals surface area contributed by atoms with Gasteiger partial charge in [0.15, 0.2) is 0 Å². The number of nitrogens with two attached hydrogens (primary N) is 1. The highest BCUT2D eigenvalue weighted by molar-refractivity contribution is 7.89. The van der Waals surface area contributed by atoms with Gasteiger partial charge >= 0.3 is 0 Å². The predicted molar refractivity (Wildman–Crippen MR) is 83.6 cm³/mol. The molecular weight excluding hydrogens is 288 g/mol. The van der Waals surface area contributed by atoms with Crippen LogP contribution in [0.5, 0.6) is 0 Å². The lowest BCUT2D eigenvalue weighted by Gasteiger charge is -2.24. The Hall–Kier alpha value is -1.11. The van der Waals surface area contributed by atoms with Gasteiger partial charge in [0, 0.05) is 18.8 Å². The molecule has 1 aromatic carbocycles. The fourth-order valence-corrected chi connectivity index (χ4v) is 4.89. The summed E-state index contributed by atoms with van der Waals surface area (Å²) in [7, 11) is -3.55. The van der Waals surface area contributed by atoms with Crippen LogP contribution in [0.1, 0.15) is 37.3 Å². The van der Waals surface area contributed by atoms with E-state index in [-0.39, 0.29) is 0 Å². The van der Waals surface area contributed by atoms with Crippen LogP contribution in [0, 0.1) is 13.8 Å². The average molecular weight is 312 g/mol. The molecule has 0 spiro atoms. The van der Waals surface area contributed by atoms with Gasteiger partial charge in [-0.3, -0.25) is 0 Å². The molecule has 0 bridgehead atoms. The molecule has 0 aromatic heterocycles. The molecule has 1 unspecified atom stereocenters. The Morgan fingerprint density at radius 2 is 1.76 bits per heavy atom. The summed E-state index contributed by atoms with van der Waals surface area (Å²) in [6, 6.07) is 3.38. The molecule has 0 saturated carbocycles. The van der Waals surface area contributed by atoms with Crippen LogP contribution in [-0.2, 0) is 10.0 Å². The third-order valence-electron chi connectivity index (χ3n) is 4.10. The quantitative estimate of drug-likeness (QED) is 0.816. The number of nitrogen functional groups attached to an aromatic ring is 1. The first-order valence-corrected chi connectivity index (χ1v) is 8.67. The van der Waals surface area contributed by atoms with Crippen LogP contribution < -0.4 is 5.73 Å². The number of sulfonamides is 1. The minimum absolute atomic E-state index is 0.346. The molecule has 118 valence electrons. The third-order valence-corrected chi connectivity index (χ3v) is 6.31. The maximum Gasteiger partial charge on any atom is 0.243 e. The topological polar surface area (TPSA) is 83.6 Å². The summed E-state index contributed by atoms with van der Waals surface area (Å²) in [5, 5.41) is 10.1. The standard InChI is InChI=1S/C15H24N2O3S/c1-11-9-13(16)10-12(2)14(11)21(19,20)17-7-4-5-15(3,18)6-8-17/h9-10,18H,4-8,16H2,1-3H3. The first kappa shape index (κ1) is 16.3. The van der Waals surface area contributed by atoms with Crippen molar-refractivity contribution < 1.29 is 13.5 Å². The number of hydrogen-bond donors (Lipinski definition) is 2. The second-order valence-corrected chi connectivity index (χ2v) is 8.11. The molecule has 0 amide bonds. The molecule has 21 heavy (non-hydrogen) atoms. The van der Waals surface area contributed by atoms with Gasteiger partial charge in [-0.05, 0) is 63.3 Å². The molecule has 1 aliphatic heterocycles. The lowest BCUT2D eigenvalue weighted by atomic mass is 9.98. The molecule has 5 nitrogen and oxygen atoms in total. The molecule has 3 N–H and O–H groups in total. The summed E-state index contributed by atoms with van der Waals surface area (Å²) in [6.45, 7) is 6.09. The first-order valence-electron chi connectivity index (χ1n) is 7.23. The van der Waals surface area contributed by atoms with E-state index in [2.05, 4.69) is 0 Å². The van der Waals surface area contributed by atoms with Crippen molar-refractivity contribution in [1.29, 1.82) is 0 Å². The van der Waals surface area contributed by atoms with Gasteiger partial charge in [0.1, 0.15) is 0 Å². The van der Waals surface area contributed by atoms with Gasteiger partial charge in [-0.2, -0.15) is 4.31 Å². The number of anilines is 1. The van der Waals surface area contributed by atoms with E-state index in [0.717, 1.165) is 0 Å². The SMILES string of the molecule is Cc1cc(N)cc(C)c1S(=O)(=O)N1CCCC(C)(O)CC1. The second-order valence-electron chi connectivity index (χ2n) is 6.24. The Kier molecular flexibility index (Phi) is 4.33. The zero-order valence-corrected chi connectivity index (χ0v) is 13.7. The zero-order valence-electron chi connectivity index (χ0n) is 12.9. The van der Waals surface area contributed by atoms with E-state index < -0.39 is 15.6 Å². The van der Waals surface area contributed by atoms with Gasteiger partial charge in [0.25, 0.3) is 0 Å². The normalized spacial score (nSPS) is 24.8. The Morgan fingerprint density at radius 3 is 2.33 bits per heavy atom. The van der Waals surface area contributed by atoms with Gasteiger partial charge in [-0.15, -0.1) is 0 Å². The van der Waals surface area contributed by atoms with Crippen LogP contribution in [0.3, 0.4) is 0 Å². The molecule has 1 fully saturated rings. The van der Waals surface area contributed by atoms with Gasteiger partial charge in [0.2, 0.25) is 10.0 Å². The fourth-order valence-electron chi connectivity index (χ4n) is 3.00. The summed E-state index contributed by atoms with van der Waals surface area (Å²) in [5.41, 5.74) is 6.90. The van der Waals surface area contributed by atoms with Crippen LogP contribution in [0.4, 0.5) is 5.69 Å². The molecule has 1 heterocycles. The van der Waals surface area contributed by atoms with Crippen molar-refractivity contribution in [2.75, 3.05) is 18.8 Å². The van der Waals surface area contributed by atoms with Gasteiger partial charge < -0.3 is 10.8 Å². The average Bonchev–Trinajstić information content (AvgIpc) is 2.48. The maximum atomic E-state index is 12.9. The van der Waals surface area contributed by atoms with Crippen LogP contribution in [0.15, 0.2) is 17.0 Å². The van der Waals surface area contributed by atoms with Crippen LogP contribution in [0.2, 0.25) is 0 Å². The van der Waals surface area contributed by atoms with Crippen molar-refractivity contribution in [2.24, 2.45) is 0 Å². The smallest absolute Gasteiger partial charge is 0.243 e. The first-order chi connectivity index (χ1) is 9.63. The Balaban J connectivity index is 2.39. The lowest BCUT2D eigenvalue weighted by molar-refractivity contribution is 0.0465. The molecule has 1 saturated heterocycles. The maximum absolute atomic E-state index is 12.9. The highest BCUT2D eigenvalue weighted by Gasteiger charge is 2.33. The molecule has 1 aliphatic rings. The molecule has 0 aliphatic carbocycles. The molecular formula is C15H24N2O3S. The Morgan fingerprint density at radius 1 is 1.19 bits per heavy atom. The summed E-state index contributed by atoms with van der Waals surface area (Å²) in [5.74, 6) is 0. The van der Waals surface area contributed by atoms with E-state index in [1.54, 1.807) is 32.9 Å². The summed E-state index contributed by atoms with van der Waals surface area (Å²) in [4.78, 5) is 0.346. The largest absolute Gasteiger partial charge is 0.399 e. The number of benzene rings is 1. The van der Waals surface area contributed by atoms with Gasteiger partial charge in [0.05, 0.1) is 10.5 Å². The highest BCUT2D eigenvalue weighted by Crippen LogP contribution is 2.29. The summed E-state index contributed by atoms with van der Waals surface area (Å²) >= 11 is 0. The van der Waals surface area contributed by atoms with Crippen molar-refractivity contribution in [3.8, 4) is 0 Å². The molecule has 1 atom stereocenters. The van der Waals surface area contributed by atoms with E-state index in [9.17, 15) is 13.5 Å². The van der Waals surface area contributed by atoms with Crippen LogP contribution >= 0.6 is 0 Å². The van der Waals surface area contributed by atoms with Gasteiger partial charge in [-0.25, -0.2) is 8.42 Å². The number of aryl methyl sites for hydroxylation is 2. The number of nitrogens with zero attached hydrogens (tertiary/aromatic N) is 1. The van der Waals surface area contributed by atoms with Crippen molar-refractivity contribution in [3.05, 3.63) is 23.3 Å². The third kappa shape index (κ3) is 3.39. The van der Waals surface area contributed by atoms with Crippen LogP contribution in [0.25, 0.3) is 0 Å². The van der Waals surface area contributed by atoms with Crippen molar-refractivity contribution in [2.45, 2.75) is 50.5 Å². The molecule has 2 rings (SSSR count). The Labute approximate surface area is 126 Å². The minimum atomic E-state index is -3.55. The second kappa shape index (κ2) is 5.59. The molecule has 1 aromatic rings. The summed E-state index contributed by atoms with van der Waals surface area (Å²) in [6.07, 6.45) is 1.75. The number of rotatable bonds is 2. The Bertz CT molecular complexity index is 615.